The molecule has 20 heavy (non-hydrogen) atoms. The summed E-state index contributed by atoms with van der Waals surface area (Å²) in [4.78, 5) is 12.2. The molecule has 0 spiro atoms. The van der Waals surface area contributed by atoms with Gasteiger partial charge in [-0.1, -0.05) is 6.07 Å². The van der Waals surface area contributed by atoms with Crippen molar-refractivity contribution >= 4 is 18.3 Å². The largest absolute Gasteiger partial charge is 0.349 e. The molecule has 2 atom stereocenters. The zero-order valence-corrected chi connectivity index (χ0v) is 13.3. The van der Waals surface area contributed by atoms with Gasteiger partial charge in [0.1, 0.15) is 0 Å². The van der Waals surface area contributed by atoms with Gasteiger partial charge in [0.15, 0.2) is 0 Å². The molecule has 1 aliphatic heterocycles. The molecule has 1 fully saturated rings. The third-order valence-electron chi connectivity index (χ3n) is 4.17. The second kappa shape index (κ2) is 7.65. The predicted molar refractivity (Wildman–Crippen MR) is 85.7 cm³/mol. The molecule has 1 amide bonds. The lowest BCUT2D eigenvalue weighted by Gasteiger charge is -2.29. The Morgan fingerprint density at radius 1 is 1.35 bits per heavy atom. The quantitative estimate of drug-likeness (QED) is 0.900. The lowest BCUT2D eigenvalue weighted by molar-refractivity contribution is 0.0922. The topological polar surface area (TPSA) is 41.1 Å². The zero-order chi connectivity index (χ0) is 13.8. The number of carbonyl (C=O) groups is 1. The molecule has 112 valence electrons. The summed E-state index contributed by atoms with van der Waals surface area (Å²) in [5, 5.41) is 6.53. The van der Waals surface area contributed by atoms with Gasteiger partial charge in [0, 0.05) is 11.6 Å². The first kappa shape index (κ1) is 17.0. The molecule has 4 heteroatoms. The van der Waals surface area contributed by atoms with E-state index in [9.17, 15) is 4.79 Å². The van der Waals surface area contributed by atoms with Crippen molar-refractivity contribution in [1.82, 2.24) is 10.6 Å². The normalized spacial score (nSPS) is 19.9. The van der Waals surface area contributed by atoms with Crippen molar-refractivity contribution in [3.8, 4) is 0 Å². The molecule has 2 unspecified atom stereocenters. The summed E-state index contributed by atoms with van der Waals surface area (Å²) in [5.41, 5.74) is 3.15. The lowest BCUT2D eigenvalue weighted by Crippen LogP contribution is -2.44. The Balaban J connectivity index is 0.00000200. The van der Waals surface area contributed by atoms with Crippen LogP contribution in [0.5, 0.6) is 0 Å². The van der Waals surface area contributed by atoms with Crippen LogP contribution >= 0.6 is 12.4 Å². The highest BCUT2D eigenvalue weighted by Gasteiger charge is 2.21. The van der Waals surface area contributed by atoms with E-state index < -0.39 is 0 Å². The summed E-state index contributed by atoms with van der Waals surface area (Å²) in [6.45, 7) is 8.33. The fourth-order valence-corrected chi connectivity index (χ4v) is 2.60. The molecule has 1 heterocycles. The van der Waals surface area contributed by atoms with E-state index in [0.717, 1.165) is 18.7 Å². The van der Waals surface area contributed by atoms with Crippen LogP contribution in [-0.4, -0.2) is 25.0 Å². The summed E-state index contributed by atoms with van der Waals surface area (Å²) in [6.07, 6.45) is 2.40. The molecule has 1 saturated heterocycles. The molecule has 2 rings (SSSR count). The van der Waals surface area contributed by atoms with Gasteiger partial charge in [-0.2, -0.15) is 0 Å². The maximum absolute atomic E-state index is 12.2. The molecule has 0 bridgehead atoms. The number of benzene rings is 1. The van der Waals surface area contributed by atoms with Crippen LogP contribution in [-0.2, 0) is 0 Å². The van der Waals surface area contributed by atoms with Crippen LogP contribution in [0.2, 0.25) is 0 Å². The van der Waals surface area contributed by atoms with Gasteiger partial charge in [-0.15, -0.1) is 12.4 Å². The van der Waals surface area contributed by atoms with E-state index in [2.05, 4.69) is 24.5 Å². The fraction of sp³-hybridized carbons (Fsp3) is 0.562. The van der Waals surface area contributed by atoms with Gasteiger partial charge in [0.25, 0.3) is 5.91 Å². The molecule has 1 aromatic rings. The average molecular weight is 297 g/mol. The minimum absolute atomic E-state index is 0. The molecule has 1 aliphatic rings. The predicted octanol–water partition coefficient (Wildman–Crippen LogP) is 2.84. The Hall–Kier alpha value is -1.06. The Labute approximate surface area is 127 Å². The molecule has 1 aromatic carbocycles. The molecular weight excluding hydrogens is 272 g/mol. The van der Waals surface area contributed by atoms with Gasteiger partial charge >= 0.3 is 0 Å². The molecule has 0 saturated carbocycles. The Kier molecular flexibility index (Phi) is 6.50. The van der Waals surface area contributed by atoms with Crippen molar-refractivity contribution in [2.75, 3.05) is 13.1 Å². The Morgan fingerprint density at radius 2 is 2.10 bits per heavy atom. The first-order valence-electron chi connectivity index (χ1n) is 7.17. The van der Waals surface area contributed by atoms with Crippen LogP contribution < -0.4 is 10.6 Å². The van der Waals surface area contributed by atoms with Crippen LogP contribution in [0.1, 0.15) is 41.3 Å². The summed E-state index contributed by atoms with van der Waals surface area (Å²) in [7, 11) is 0. The second-order valence-corrected chi connectivity index (χ2v) is 5.67. The maximum atomic E-state index is 12.2. The highest BCUT2D eigenvalue weighted by atomic mass is 35.5. The van der Waals surface area contributed by atoms with Crippen molar-refractivity contribution in [3.05, 3.63) is 34.9 Å². The van der Waals surface area contributed by atoms with E-state index in [-0.39, 0.29) is 24.4 Å². The van der Waals surface area contributed by atoms with Crippen LogP contribution in [0.3, 0.4) is 0 Å². The average Bonchev–Trinajstić information content (AvgIpc) is 2.42. The number of hydrogen-bond donors (Lipinski definition) is 2. The molecule has 0 aromatic heterocycles. The number of rotatable bonds is 3. The monoisotopic (exact) mass is 296 g/mol. The summed E-state index contributed by atoms with van der Waals surface area (Å²) >= 11 is 0. The summed E-state index contributed by atoms with van der Waals surface area (Å²) in [6, 6.07) is 6.11. The van der Waals surface area contributed by atoms with E-state index in [1.807, 2.05) is 25.1 Å². The smallest absolute Gasteiger partial charge is 0.251 e. The molecular formula is C16H25ClN2O. The van der Waals surface area contributed by atoms with Crippen LogP contribution in [0.4, 0.5) is 0 Å². The van der Waals surface area contributed by atoms with Crippen molar-refractivity contribution in [3.63, 3.8) is 0 Å². The molecule has 2 N–H and O–H groups in total. The van der Waals surface area contributed by atoms with Crippen LogP contribution in [0.25, 0.3) is 0 Å². The number of nitrogens with one attached hydrogen (secondary N) is 2. The third kappa shape index (κ3) is 4.22. The lowest BCUT2D eigenvalue weighted by atomic mass is 9.92. The van der Waals surface area contributed by atoms with E-state index >= 15 is 0 Å². The van der Waals surface area contributed by atoms with E-state index in [1.165, 1.54) is 24.0 Å². The van der Waals surface area contributed by atoms with Gasteiger partial charge < -0.3 is 10.6 Å². The highest BCUT2D eigenvalue weighted by molar-refractivity contribution is 5.94. The van der Waals surface area contributed by atoms with Crippen molar-refractivity contribution < 1.29 is 4.79 Å². The standard InChI is InChI=1S/C16H24N2O.ClH/c1-11-6-7-14(9-12(11)2)16(19)18-13(3)15-5-4-8-17-10-15;/h6-7,9,13,15,17H,4-5,8,10H2,1-3H3,(H,18,19);1H. The first-order valence-corrected chi connectivity index (χ1v) is 7.17. The molecule has 0 radical (unpaired) electrons. The van der Waals surface area contributed by atoms with Crippen LogP contribution in [0.15, 0.2) is 18.2 Å². The molecule has 3 nitrogen and oxygen atoms in total. The zero-order valence-electron chi connectivity index (χ0n) is 12.5. The van der Waals surface area contributed by atoms with E-state index in [0.29, 0.717) is 5.92 Å². The van der Waals surface area contributed by atoms with Crippen molar-refractivity contribution in [1.29, 1.82) is 0 Å². The maximum Gasteiger partial charge on any atom is 0.251 e. The number of carbonyl (C=O) groups excluding carboxylic acids is 1. The number of piperidine rings is 1. The minimum Gasteiger partial charge on any atom is -0.349 e. The third-order valence-corrected chi connectivity index (χ3v) is 4.17. The minimum atomic E-state index is 0. The number of halogens is 1. The number of aryl methyl sites for hydroxylation is 2. The van der Waals surface area contributed by atoms with E-state index in [1.54, 1.807) is 0 Å². The highest BCUT2D eigenvalue weighted by Crippen LogP contribution is 2.15. The molecule has 0 aliphatic carbocycles. The van der Waals surface area contributed by atoms with Gasteiger partial charge in [-0.3, -0.25) is 4.79 Å². The van der Waals surface area contributed by atoms with Gasteiger partial charge in [0.2, 0.25) is 0 Å². The second-order valence-electron chi connectivity index (χ2n) is 5.67. The Bertz CT molecular complexity index is 456. The Morgan fingerprint density at radius 3 is 2.70 bits per heavy atom. The van der Waals surface area contributed by atoms with E-state index in [4.69, 9.17) is 0 Å². The van der Waals surface area contributed by atoms with Crippen molar-refractivity contribution in [2.45, 2.75) is 39.7 Å². The van der Waals surface area contributed by atoms with Crippen molar-refractivity contribution in [2.24, 2.45) is 5.92 Å². The summed E-state index contributed by atoms with van der Waals surface area (Å²) in [5.74, 6) is 0.588. The SMILES string of the molecule is Cc1ccc(C(=O)NC(C)C2CCCNC2)cc1C.Cl. The number of amides is 1. The first-order chi connectivity index (χ1) is 9.08. The number of hydrogen-bond acceptors (Lipinski definition) is 2. The fourth-order valence-electron chi connectivity index (χ4n) is 2.60. The van der Waals surface area contributed by atoms with Gasteiger partial charge in [-0.05, 0) is 75.9 Å². The van der Waals surface area contributed by atoms with Crippen LogP contribution in [0, 0.1) is 19.8 Å². The van der Waals surface area contributed by atoms with Gasteiger partial charge in [-0.25, -0.2) is 0 Å². The van der Waals surface area contributed by atoms with Gasteiger partial charge in [0.05, 0.1) is 0 Å². The summed E-state index contributed by atoms with van der Waals surface area (Å²) < 4.78 is 0.